The first kappa shape index (κ1) is 25.9. The minimum atomic E-state index is 0. The summed E-state index contributed by atoms with van der Waals surface area (Å²) >= 11 is 0. The molecule has 88 valence electrons. The fourth-order valence-corrected chi connectivity index (χ4v) is 0.535. The van der Waals surface area contributed by atoms with Crippen molar-refractivity contribution in [1.82, 2.24) is 10.6 Å². The summed E-state index contributed by atoms with van der Waals surface area (Å²) in [5.74, 6) is 0. The fraction of sp³-hybridized carbons (Fsp3) is 0.636. The minimum Gasteiger partial charge on any atom is -0.349 e. The van der Waals surface area contributed by atoms with Gasteiger partial charge in [0.1, 0.15) is 0 Å². The first-order valence-electron chi connectivity index (χ1n) is 4.71. The molecule has 2 unspecified atom stereocenters. The molecule has 0 amide bonds. The Bertz CT molecular complexity index is 88.7. The summed E-state index contributed by atoms with van der Waals surface area (Å²) in [5.41, 5.74) is 0. The van der Waals surface area contributed by atoms with Gasteiger partial charge in [-0.15, -0.1) is 12.1 Å². The molecule has 0 rings (SSSR count). The van der Waals surface area contributed by atoms with E-state index in [0.717, 1.165) is 19.3 Å². The molecule has 0 aromatic carbocycles. The molecule has 15 heavy (non-hydrogen) atoms. The predicted molar refractivity (Wildman–Crippen MR) is 61.0 cm³/mol. The van der Waals surface area contributed by atoms with Crippen LogP contribution in [0, 0.1) is 27.7 Å². The van der Waals surface area contributed by atoms with Crippen LogP contribution in [0.5, 0.6) is 0 Å². The summed E-state index contributed by atoms with van der Waals surface area (Å²) in [6, 6.07) is 0.711. The Labute approximate surface area is 147 Å². The zero-order chi connectivity index (χ0) is 10.7. The molecule has 4 heteroatoms. The van der Waals surface area contributed by atoms with E-state index >= 15 is 0 Å². The summed E-state index contributed by atoms with van der Waals surface area (Å²) in [7, 11) is 3.79. The smallest absolute Gasteiger partial charge is 0 e. The van der Waals surface area contributed by atoms with Gasteiger partial charge in [0.05, 0.1) is 0 Å². The first-order valence-corrected chi connectivity index (χ1v) is 4.71. The molecule has 0 aromatic heterocycles. The van der Waals surface area contributed by atoms with E-state index < -0.39 is 0 Å². The topological polar surface area (TPSA) is 24.1 Å². The molecule has 0 spiro atoms. The Morgan fingerprint density at radius 2 is 1.33 bits per heavy atom. The van der Waals surface area contributed by atoms with E-state index in [-0.39, 0.29) is 65.4 Å². The van der Waals surface area contributed by atoms with Crippen molar-refractivity contribution in [2.75, 3.05) is 14.1 Å². The van der Waals surface area contributed by atoms with Crippen molar-refractivity contribution in [3.63, 3.8) is 0 Å². The molecular weight excluding hydrogens is 338 g/mol. The van der Waals surface area contributed by atoms with Gasteiger partial charge in [-0.25, -0.2) is 0 Å². The second-order valence-electron chi connectivity index (χ2n) is 2.90. The zero-order valence-electron chi connectivity index (χ0n) is 10.3. The van der Waals surface area contributed by atoms with Crippen molar-refractivity contribution in [3.05, 3.63) is 27.7 Å². The predicted octanol–water partition coefficient (Wildman–Crippen LogP) is 1.65. The largest absolute Gasteiger partial charge is 0.349 e. The van der Waals surface area contributed by atoms with E-state index in [0.29, 0.717) is 12.1 Å². The Morgan fingerprint density at radius 3 is 1.40 bits per heavy atom. The summed E-state index contributed by atoms with van der Waals surface area (Å²) in [5, 5.41) is 5.96. The average Bonchev–Trinajstić information content (AvgIpc) is 2.18. The monoisotopic (exact) mass is 362 g/mol. The number of hydrogen-bond acceptors (Lipinski definition) is 2. The average molecular weight is 362 g/mol. The third-order valence-corrected chi connectivity index (χ3v) is 1.72. The van der Waals surface area contributed by atoms with Crippen molar-refractivity contribution >= 4 is 0 Å². The van der Waals surface area contributed by atoms with Gasteiger partial charge in [0.15, 0.2) is 0 Å². The van der Waals surface area contributed by atoms with Gasteiger partial charge < -0.3 is 38.3 Å². The van der Waals surface area contributed by atoms with Crippen molar-refractivity contribution in [2.45, 2.75) is 31.3 Å². The third-order valence-electron chi connectivity index (χ3n) is 1.72. The molecule has 2 radical (unpaired) electrons. The molecule has 0 aliphatic heterocycles. The molecule has 0 saturated carbocycles. The van der Waals surface area contributed by atoms with E-state index in [1.54, 1.807) is 0 Å². The maximum absolute atomic E-state index is 3.80. The van der Waals surface area contributed by atoms with Gasteiger partial charge in [-0.3, -0.25) is 0 Å². The van der Waals surface area contributed by atoms with E-state index in [1.165, 1.54) is 0 Å². The van der Waals surface area contributed by atoms with E-state index in [2.05, 4.69) is 38.3 Å². The van der Waals surface area contributed by atoms with Crippen molar-refractivity contribution in [1.29, 1.82) is 0 Å². The standard InChI is InChI=1S/C6H13N.C5H11N.2Y/c1-4-5-6(2)7-3;1-4-5(2)6-3;;/h6-7H,1-2,4-5H2,3H3;5-6H,1-2,4H2,3H3;;/q2*-2;;. The van der Waals surface area contributed by atoms with Crippen LogP contribution in [0.2, 0.25) is 0 Å². The van der Waals surface area contributed by atoms with Crippen molar-refractivity contribution in [2.24, 2.45) is 0 Å². The molecule has 0 saturated heterocycles. The molecule has 0 fully saturated rings. The molecule has 2 atom stereocenters. The number of rotatable bonds is 5. The van der Waals surface area contributed by atoms with Crippen molar-refractivity contribution in [3.8, 4) is 0 Å². The Hall–Kier alpha value is 2.13. The Morgan fingerprint density at radius 1 is 0.933 bits per heavy atom. The first-order chi connectivity index (χ1) is 6.12. The summed E-state index contributed by atoms with van der Waals surface area (Å²) in [6.07, 6.45) is 2.89. The van der Waals surface area contributed by atoms with Crippen LogP contribution >= 0.6 is 0 Å². The van der Waals surface area contributed by atoms with Crippen LogP contribution in [0.1, 0.15) is 19.3 Å². The van der Waals surface area contributed by atoms with Crippen LogP contribution in [-0.2, 0) is 65.4 Å². The number of hydrogen-bond donors (Lipinski definition) is 2. The molecule has 2 N–H and O–H groups in total. The molecule has 0 bridgehead atoms. The molecule has 0 aliphatic rings. The van der Waals surface area contributed by atoms with Crippen molar-refractivity contribution < 1.29 is 65.4 Å². The minimum absolute atomic E-state index is 0. The second kappa shape index (κ2) is 21.4. The van der Waals surface area contributed by atoms with Gasteiger partial charge in [0.25, 0.3) is 0 Å². The second-order valence-corrected chi connectivity index (χ2v) is 2.90. The molecular formula is C11H24N2Y2-4. The van der Waals surface area contributed by atoms with E-state index in [4.69, 9.17) is 0 Å². The zero-order valence-corrected chi connectivity index (χ0v) is 15.9. The maximum atomic E-state index is 3.80. The molecule has 0 aromatic rings. The quantitative estimate of drug-likeness (QED) is 0.727. The number of nitrogens with one attached hydrogen (secondary N) is 2. The summed E-state index contributed by atoms with van der Waals surface area (Å²) in [6.45, 7) is 14.8. The van der Waals surface area contributed by atoms with Gasteiger partial charge in [-0.1, -0.05) is 6.42 Å². The van der Waals surface area contributed by atoms with Crippen LogP contribution in [-0.4, -0.2) is 26.2 Å². The van der Waals surface area contributed by atoms with Gasteiger partial charge >= 0.3 is 0 Å². The van der Waals surface area contributed by atoms with Crippen LogP contribution in [0.3, 0.4) is 0 Å². The molecule has 2 nitrogen and oxygen atoms in total. The van der Waals surface area contributed by atoms with E-state index in [9.17, 15) is 0 Å². The van der Waals surface area contributed by atoms with Crippen LogP contribution < -0.4 is 10.6 Å². The SMILES string of the molecule is [CH2-]CC([CH2-])NC.[CH2-]CCC([CH2-])NC.[Y].[Y]. The van der Waals surface area contributed by atoms with E-state index in [1.807, 2.05) is 14.1 Å². The van der Waals surface area contributed by atoms with Gasteiger partial charge in [-0.2, -0.15) is 12.8 Å². The third kappa shape index (κ3) is 26.0. The molecule has 0 aliphatic carbocycles. The van der Waals surface area contributed by atoms with Gasteiger partial charge in [0.2, 0.25) is 0 Å². The van der Waals surface area contributed by atoms with Crippen LogP contribution in [0.25, 0.3) is 0 Å². The van der Waals surface area contributed by atoms with Gasteiger partial charge in [-0.05, 0) is 14.1 Å². The summed E-state index contributed by atoms with van der Waals surface area (Å²) < 4.78 is 0. The molecule has 0 heterocycles. The fourth-order valence-electron chi connectivity index (χ4n) is 0.535. The Kier molecular flexibility index (Phi) is 36.9. The van der Waals surface area contributed by atoms with Crippen LogP contribution in [0.15, 0.2) is 0 Å². The normalized spacial score (nSPS) is 12.4. The summed E-state index contributed by atoms with van der Waals surface area (Å²) in [4.78, 5) is 0. The van der Waals surface area contributed by atoms with Crippen LogP contribution in [0.4, 0.5) is 0 Å². The maximum Gasteiger partial charge on any atom is 0 e. The van der Waals surface area contributed by atoms with Gasteiger partial charge in [0, 0.05) is 65.4 Å². The Balaban J connectivity index is -0.0000000718.